The van der Waals surface area contributed by atoms with E-state index in [-0.39, 0.29) is 4.90 Å². The van der Waals surface area contributed by atoms with E-state index >= 15 is 0 Å². The molecule has 0 bridgehead atoms. The third-order valence-corrected chi connectivity index (χ3v) is 11.4. The van der Waals surface area contributed by atoms with Crippen LogP contribution in [0.25, 0.3) is 0 Å². The van der Waals surface area contributed by atoms with Gasteiger partial charge in [-0.1, -0.05) is 49.1 Å². The second kappa shape index (κ2) is 7.21. The lowest BCUT2D eigenvalue weighted by molar-refractivity contribution is 0.559. The molecule has 2 unspecified atom stereocenters. The summed E-state index contributed by atoms with van der Waals surface area (Å²) in [6.07, 6.45) is 3.35. The van der Waals surface area contributed by atoms with Gasteiger partial charge in [0, 0.05) is 5.41 Å². The number of allylic oxidation sites excluding steroid dienone is 1. The Labute approximate surface area is 152 Å². The van der Waals surface area contributed by atoms with E-state index in [2.05, 4.69) is 6.58 Å². The molecular formula is C18H26O4S2Si. The molecule has 2 rings (SSSR count). The zero-order valence-electron chi connectivity index (χ0n) is 15.0. The lowest BCUT2D eigenvalue weighted by Crippen LogP contribution is -2.41. The highest BCUT2D eigenvalue weighted by molar-refractivity contribution is 7.98. The molecule has 0 aromatic heterocycles. The van der Waals surface area contributed by atoms with Gasteiger partial charge >= 0.3 is 0 Å². The highest BCUT2D eigenvalue weighted by atomic mass is 32.2. The minimum Gasteiger partial charge on any atom is -0.224 e. The second-order valence-electron chi connectivity index (χ2n) is 7.45. The first-order valence-corrected chi connectivity index (χ1v) is 15.0. The third kappa shape index (κ3) is 4.15. The number of hydrogen-bond donors (Lipinski definition) is 0. The number of benzene rings is 1. The molecular weight excluding hydrogens is 372 g/mol. The molecule has 1 aliphatic rings. The Bertz CT molecular complexity index is 863. The predicted molar refractivity (Wildman–Crippen MR) is 106 cm³/mol. The van der Waals surface area contributed by atoms with Gasteiger partial charge in [-0.25, -0.2) is 16.8 Å². The number of sulfone groups is 2. The lowest BCUT2D eigenvalue weighted by atomic mass is 10.1. The molecule has 0 spiro atoms. The molecule has 0 radical (unpaired) electrons. The number of hydrogen-bond acceptors (Lipinski definition) is 4. The fourth-order valence-electron chi connectivity index (χ4n) is 3.21. The first-order chi connectivity index (χ1) is 11.5. The van der Waals surface area contributed by atoms with E-state index in [1.165, 1.54) is 5.41 Å². The minimum absolute atomic E-state index is 0.190. The van der Waals surface area contributed by atoms with Gasteiger partial charge in [-0.05, 0) is 31.4 Å². The second-order valence-corrected chi connectivity index (χ2v) is 16.6. The van der Waals surface area contributed by atoms with Crippen molar-refractivity contribution in [2.45, 2.75) is 54.3 Å². The van der Waals surface area contributed by atoms with E-state index in [1.807, 2.05) is 19.6 Å². The van der Waals surface area contributed by atoms with Crippen LogP contribution in [0.2, 0.25) is 19.6 Å². The largest absolute Gasteiger partial charge is 0.224 e. The third-order valence-electron chi connectivity index (χ3n) is 4.53. The Kier molecular flexibility index (Phi) is 5.80. The van der Waals surface area contributed by atoms with Crippen LogP contribution in [0.4, 0.5) is 0 Å². The monoisotopic (exact) mass is 398 g/mol. The normalized spacial score (nSPS) is 23.2. The Morgan fingerprint density at radius 3 is 2.28 bits per heavy atom. The summed E-state index contributed by atoms with van der Waals surface area (Å²) in [5.74, 6) is 0. The van der Waals surface area contributed by atoms with Crippen LogP contribution < -0.4 is 0 Å². The van der Waals surface area contributed by atoms with E-state index in [0.717, 1.165) is 0 Å². The summed E-state index contributed by atoms with van der Waals surface area (Å²) < 4.78 is 52.2. The van der Waals surface area contributed by atoms with E-state index in [9.17, 15) is 16.8 Å². The topological polar surface area (TPSA) is 68.3 Å². The summed E-state index contributed by atoms with van der Waals surface area (Å²) in [5.41, 5.74) is 0. The molecule has 0 aliphatic carbocycles. The summed E-state index contributed by atoms with van der Waals surface area (Å²) in [6.45, 7) is 9.64. The van der Waals surface area contributed by atoms with Crippen LogP contribution in [0.5, 0.6) is 0 Å². The van der Waals surface area contributed by atoms with Gasteiger partial charge in [0.15, 0.2) is 19.7 Å². The van der Waals surface area contributed by atoms with Gasteiger partial charge in [0.05, 0.1) is 18.2 Å². The zero-order valence-corrected chi connectivity index (χ0v) is 17.6. The molecule has 0 saturated carbocycles. The molecule has 0 fully saturated rings. The van der Waals surface area contributed by atoms with E-state index in [0.29, 0.717) is 24.5 Å². The molecule has 0 amide bonds. The fraction of sp³-hybridized carbons (Fsp3) is 0.444. The quantitative estimate of drug-likeness (QED) is 0.398. The van der Waals surface area contributed by atoms with Crippen molar-refractivity contribution in [2.75, 3.05) is 0 Å². The van der Waals surface area contributed by atoms with Gasteiger partial charge in [0.1, 0.15) is 5.25 Å². The Hall–Kier alpha value is -1.18. The molecule has 1 heterocycles. The van der Waals surface area contributed by atoms with Crippen molar-refractivity contribution in [3.8, 4) is 0 Å². The van der Waals surface area contributed by atoms with Gasteiger partial charge < -0.3 is 0 Å². The van der Waals surface area contributed by atoms with Crippen molar-refractivity contribution in [3.63, 3.8) is 0 Å². The molecule has 1 aromatic carbocycles. The van der Waals surface area contributed by atoms with Crippen molar-refractivity contribution in [1.29, 1.82) is 0 Å². The first-order valence-electron chi connectivity index (χ1n) is 8.37. The molecule has 25 heavy (non-hydrogen) atoms. The zero-order chi connectivity index (χ0) is 18.9. The SMILES string of the molecule is C=CCCCC1C(S(=O)(=O)c2ccccc2)C([Si](C)(C)C)=CS1(=O)=O. The maximum atomic E-state index is 13.3. The molecule has 4 nitrogen and oxygen atoms in total. The average Bonchev–Trinajstić information content (AvgIpc) is 2.80. The summed E-state index contributed by atoms with van der Waals surface area (Å²) in [6, 6.07) is 8.18. The smallest absolute Gasteiger partial charge is 0.186 e. The molecule has 1 aliphatic heterocycles. The molecule has 138 valence electrons. The molecule has 2 atom stereocenters. The van der Waals surface area contributed by atoms with Crippen molar-refractivity contribution < 1.29 is 16.8 Å². The molecule has 0 N–H and O–H groups in total. The van der Waals surface area contributed by atoms with Crippen LogP contribution in [0.15, 0.2) is 58.5 Å². The van der Waals surface area contributed by atoms with Gasteiger partial charge in [-0.2, -0.15) is 0 Å². The maximum absolute atomic E-state index is 13.3. The standard InChI is InChI=1S/C18H26O4S2Si/c1-5-6-8-13-16-18(17(25(2,3)4)14-23(16,19)20)24(21,22)15-11-9-7-10-12-15/h5,7,9-12,14,16,18H,1,6,8,13H2,2-4H3. The maximum Gasteiger partial charge on any atom is 0.186 e. The lowest BCUT2D eigenvalue weighted by Gasteiger charge is -2.28. The molecule has 7 heteroatoms. The summed E-state index contributed by atoms with van der Waals surface area (Å²) in [7, 11) is -9.47. The highest BCUT2D eigenvalue weighted by Crippen LogP contribution is 2.40. The van der Waals surface area contributed by atoms with Crippen LogP contribution in [-0.2, 0) is 19.7 Å². The van der Waals surface area contributed by atoms with Gasteiger partial charge in [-0.15, -0.1) is 6.58 Å². The van der Waals surface area contributed by atoms with E-state index in [1.54, 1.807) is 36.4 Å². The molecule has 0 saturated heterocycles. The van der Waals surface area contributed by atoms with Crippen LogP contribution in [0, 0.1) is 0 Å². The summed E-state index contributed by atoms with van der Waals surface area (Å²) in [4.78, 5) is 0.190. The Morgan fingerprint density at radius 1 is 1.16 bits per heavy atom. The highest BCUT2D eigenvalue weighted by Gasteiger charge is 2.51. The minimum atomic E-state index is -3.77. The van der Waals surface area contributed by atoms with Crippen LogP contribution >= 0.6 is 0 Å². The van der Waals surface area contributed by atoms with Crippen molar-refractivity contribution in [3.05, 3.63) is 53.6 Å². The van der Waals surface area contributed by atoms with Crippen LogP contribution in [-0.4, -0.2) is 35.4 Å². The van der Waals surface area contributed by atoms with Crippen molar-refractivity contribution in [2.24, 2.45) is 0 Å². The molecule has 1 aromatic rings. The number of unbranched alkanes of at least 4 members (excludes halogenated alkanes) is 1. The van der Waals surface area contributed by atoms with Gasteiger partial charge in [-0.3, -0.25) is 0 Å². The fourth-order valence-corrected chi connectivity index (χ4v) is 12.2. The van der Waals surface area contributed by atoms with E-state index < -0.39 is 38.2 Å². The summed E-state index contributed by atoms with van der Waals surface area (Å²) in [5, 5.41) is -0.00103. The average molecular weight is 399 g/mol. The van der Waals surface area contributed by atoms with Gasteiger partial charge in [0.2, 0.25) is 0 Å². The summed E-state index contributed by atoms with van der Waals surface area (Å²) >= 11 is 0. The first kappa shape index (κ1) is 20.1. The van der Waals surface area contributed by atoms with Crippen molar-refractivity contribution >= 4 is 27.7 Å². The Morgan fingerprint density at radius 2 is 1.76 bits per heavy atom. The van der Waals surface area contributed by atoms with Gasteiger partial charge in [0.25, 0.3) is 0 Å². The predicted octanol–water partition coefficient (Wildman–Crippen LogP) is 3.74. The number of rotatable bonds is 7. The Balaban J connectivity index is 2.58. The van der Waals surface area contributed by atoms with E-state index in [4.69, 9.17) is 0 Å². The van der Waals surface area contributed by atoms with Crippen molar-refractivity contribution in [1.82, 2.24) is 0 Å². The van der Waals surface area contributed by atoms with Crippen LogP contribution in [0.3, 0.4) is 0 Å². The van der Waals surface area contributed by atoms with Crippen LogP contribution in [0.1, 0.15) is 19.3 Å².